The van der Waals surface area contributed by atoms with E-state index in [1.807, 2.05) is 61.5 Å². The van der Waals surface area contributed by atoms with E-state index >= 15 is 0 Å². The highest BCUT2D eigenvalue weighted by Gasteiger charge is 2.15. The lowest BCUT2D eigenvalue weighted by molar-refractivity contribution is 0.101. The van der Waals surface area contributed by atoms with Crippen LogP contribution in [0.25, 0.3) is 11.3 Å². The highest BCUT2D eigenvalue weighted by atomic mass is 35.5. The van der Waals surface area contributed by atoms with E-state index in [9.17, 15) is 4.79 Å². The minimum Gasteiger partial charge on any atom is -0.321 e. The summed E-state index contributed by atoms with van der Waals surface area (Å²) in [4.78, 5) is 12.5. The molecule has 116 valence electrons. The Morgan fingerprint density at radius 3 is 2.61 bits per heavy atom. The van der Waals surface area contributed by atoms with Crippen molar-refractivity contribution in [2.45, 2.75) is 13.5 Å². The highest BCUT2D eigenvalue weighted by Crippen LogP contribution is 2.23. The summed E-state index contributed by atoms with van der Waals surface area (Å²) < 4.78 is 1.69. The second-order valence-corrected chi connectivity index (χ2v) is 5.50. The van der Waals surface area contributed by atoms with Crippen LogP contribution in [0, 0.1) is 0 Å². The van der Waals surface area contributed by atoms with Gasteiger partial charge in [0, 0.05) is 22.8 Å². The maximum Gasteiger partial charge on any atom is 0.273 e. The molecule has 0 aliphatic heterocycles. The van der Waals surface area contributed by atoms with Gasteiger partial charge in [-0.25, -0.2) is 0 Å². The number of hydrogen-bond donors (Lipinski definition) is 1. The number of anilines is 1. The van der Waals surface area contributed by atoms with Crippen LogP contribution in [0.5, 0.6) is 0 Å². The summed E-state index contributed by atoms with van der Waals surface area (Å²) in [5.41, 5.74) is 2.89. The predicted molar refractivity (Wildman–Crippen MR) is 92.7 cm³/mol. The average molecular weight is 326 g/mol. The monoisotopic (exact) mass is 325 g/mol. The van der Waals surface area contributed by atoms with E-state index in [4.69, 9.17) is 11.6 Å². The van der Waals surface area contributed by atoms with Crippen molar-refractivity contribution >= 4 is 23.2 Å². The van der Waals surface area contributed by atoms with Crippen molar-refractivity contribution < 1.29 is 4.79 Å². The van der Waals surface area contributed by atoms with Gasteiger partial charge in [0.15, 0.2) is 0 Å². The molecule has 0 unspecified atom stereocenters. The lowest BCUT2D eigenvalue weighted by Gasteiger charge is -2.06. The van der Waals surface area contributed by atoms with E-state index in [-0.39, 0.29) is 5.91 Å². The fourth-order valence-electron chi connectivity index (χ4n) is 2.35. The van der Waals surface area contributed by atoms with Crippen LogP contribution in [0.4, 0.5) is 5.69 Å². The number of rotatable bonds is 4. The summed E-state index contributed by atoms with van der Waals surface area (Å²) in [6.07, 6.45) is 0. The number of para-hydroxylation sites is 1. The minimum absolute atomic E-state index is 0.182. The zero-order valence-corrected chi connectivity index (χ0v) is 13.4. The quantitative estimate of drug-likeness (QED) is 0.769. The number of nitrogens with zero attached hydrogens (tertiary/aromatic N) is 2. The van der Waals surface area contributed by atoms with Crippen molar-refractivity contribution in [3.63, 3.8) is 0 Å². The molecule has 0 spiro atoms. The largest absolute Gasteiger partial charge is 0.321 e. The smallest absolute Gasteiger partial charge is 0.273 e. The first-order valence-corrected chi connectivity index (χ1v) is 7.75. The normalized spacial score (nSPS) is 10.5. The standard InChI is InChI=1S/C18H16ClN3O/c1-2-22-17(18(23)20-15-9-4-3-5-10-15)12-16(21-22)13-7-6-8-14(19)11-13/h3-12H,2H2,1H3,(H,20,23). The maximum absolute atomic E-state index is 12.5. The molecule has 23 heavy (non-hydrogen) atoms. The van der Waals surface area contributed by atoms with E-state index in [0.29, 0.717) is 17.3 Å². The lowest BCUT2D eigenvalue weighted by atomic mass is 10.1. The Morgan fingerprint density at radius 2 is 1.91 bits per heavy atom. The van der Waals surface area contributed by atoms with Crippen LogP contribution in [0.1, 0.15) is 17.4 Å². The third-order valence-corrected chi connectivity index (χ3v) is 3.70. The first kappa shape index (κ1) is 15.3. The number of nitrogens with one attached hydrogen (secondary N) is 1. The van der Waals surface area contributed by atoms with E-state index in [2.05, 4.69) is 10.4 Å². The summed E-state index contributed by atoms with van der Waals surface area (Å²) in [5, 5.41) is 8.03. The number of aryl methyl sites for hydroxylation is 1. The number of aromatic nitrogens is 2. The Bertz CT molecular complexity index is 827. The number of halogens is 1. The summed E-state index contributed by atoms with van der Waals surface area (Å²) in [6.45, 7) is 2.56. The van der Waals surface area contributed by atoms with Gasteiger partial charge in [-0.1, -0.05) is 41.9 Å². The van der Waals surface area contributed by atoms with Crippen LogP contribution in [0.15, 0.2) is 60.7 Å². The molecule has 0 atom stereocenters. The van der Waals surface area contributed by atoms with Crippen LogP contribution in [-0.4, -0.2) is 15.7 Å². The van der Waals surface area contributed by atoms with Gasteiger partial charge in [-0.15, -0.1) is 0 Å². The first-order valence-electron chi connectivity index (χ1n) is 7.37. The SMILES string of the molecule is CCn1nc(-c2cccc(Cl)c2)cc1C(=O)Nc1ccccc1. The van der Waals surface area contributed by atoms with Gasteiger partial charge in [-0.3, -0.25) is 9.48 Å². The topological polar surface area (TPSA) is 46.9 Å². The molecule has 0 bridgehead atoms. The van der Waals surface area contributed by atoms with Crippen LogP contribution in [0.2, 0.25) is 5.02 Å². The summed E-state index contributed by atoms with van der Waals surface area (Å²) in [5.74, 6) is -0.182. The third kappa shape index (κ3) is 3.43. The van der Waals surface area contributed by atoms with Crippen molar-refractivity contribution in [3.8, 4) is 11.3 Å². The molecule has 0 aliphatic carbocycles. The first-order chi connectivity index (χ1) is 11.2. The molecule has 1 N–H and O–H groups in total. The molecule has 1 amide bonds. The Balaban J connectivity index is 1.91. The molecule has 5 heteroatoms. The number of amides is 1. The van der Waals surface area contributed by atoms with Crippen LogP contribution >= 0.6 is 11.6 Å². The summed E-state index contributed by atoms with van der Waals surface area (Å²) in [7, 11) is 0. The van der Waals surface area contributed by atoms with Crippen LogP contribution < -0.4 is 5.32 Å². The number of benzene rings is 2. The Kier molecular flexibility index (Phi) is 4.44. The van der Waals surface area contributed by atoms with Crippen LogP contribution in [0.3, 0.4) is 0 Å². The molecule has 4 nitrogen and oxygen atoms in total. The molecule has 3 rings (SSSR count). The number of hydrogen-bond acceptors (Lipinski definition) is 2. The Hall–Kier alpha value is -2.59. The lowest BCUT2D eigenvalue weighted by Crippen LogP contribution is -2.17. The van der Waals surface area contributed by atoms with Crippen molar-refractivity contribution in [1.82, 2.24) is 9.78 Å². The number of carbonyl (C=O) groups excluding carboxylic acids is 1. The van der Waals surface area contributed by atoms with Crippen molar-refractivity contribution in [2.75, 3.05) is 5.32 Å². The Labute approximate surface area is 139 Å². The van der Waals surface area contributed by atoms with Gasteiger partial charge in [0.2, 0.25) is 0 Å². The fraction of sp³-hybridized carbons (Fsp3) is 0.111. The molecule has 0 radical (unpaired) electrons. The van der Waals surface area contributed by atoms with Gasteiger partial charge in [-0.05, 0) is 37.3 Å². The van der Waals surface area contributed by atoms with Gasteiger partial charge in [-0.2, -0.15) is 5.10 Å². The molecular weight excluding hydrogens is 310 g/mol. The van der Waals surface area contributed by atoms with Crippen LogP contribution in [-0.2, 0) is 6.54 Å². The molecular formula is C18H16ClN3O. The second kappa shape index (κ2) is 6.67. The molecule has 0 fully saturated rings. The van der Waals surface area contributed by atoms with Crippen molar-refractivity contribution in [3.05, 3.63) is 71.4 Å². The van der Waals surface area contributed by atoms with Crippen molar-refractivity contribution in [1.29, 1.82) is 0 Å². The van der Waals surface area contributed by atoms with Gasteiger partial charge < -0.3 is 5.32 Å². The van der Waals surface area contributed by atoms with E-state index in [0.717, 1.165) is 16.9 Å². The molecule has 0 aliphatic rings. The second-order valence-electron chi connectivity index (χ2n) is 5.06. The molecule has 0 saturated carbocycles. The molecule has 1 heterocycles. The van der Waals surface area contributed by atoms with Gasteiger partial charge in [0.25, 0.3) is 5.91 Å². The minimum atomic E-state index is -0.182. The van der Waals surface area contributed by atoms with Gasteiger partial charge in [0.05, 0.1) is 5.69 Å². The highest BCUT2D eigenvalue weighted by molar-refractivity contribution is 6.30. The van der Waals surface area contributed by atoms with E-state index in [1.54, 1.807) is 10.7 Å². The number of carbonyl (C=O) groups is 1. The zero-order chi connectivity index (χ0) is 16.2. The molecule has 0 saturated heterocycles. The van der Waals surface area contributed by atoms with E-state index in [1.165, 1.54) is 0 Å². The molecule has 1 aromatic heterocycles. The fourth-order valence-corrected chi connectivity index (χ4v) is 2.54. The molecule has 2 aromatic carbocycles. The van der Waals surface area contributed by atoms with Crippen molar-refractivity contribution in [2.24, 2.45) is 0 Å². The average Bonchev–Trinajstić information content (AvgIpc) is 3.00. The summed E-state index contributed by atoms with van der Waals surface area (Å²) in [6, 6.07) is 18.6. The van der Waals surface area contributed by atoms with Gasteiger partial charge in [0.1, 0.15) is 5.69 Å². The summed E-state index contributed by atoms with van der Waals surface area (Å²) >= 11 is 6.03. The van der Waals surface area contributed by atoms with E-state index < -0.39 is 0 Å². The Morgan fingerprint density at radius 1 is 1.13 bits per heavy atom. The molecule has 3 aromatic rings. The predicted octanol–water partition coefficient (Wildman–Crippen LogP) is 4.48. The zero-order valence-electron chi connectivity index (χ0n) is 12.7. The maximum atomic E-state index is 12.5. The van der Waals surface area contributed by atoms with Gasteiger partial charge >= 0.3 is 0 Å². The third-order valence-electron chi connectivity index (χ3n) is 3.46.